The van der Waals surface area contributed by atoms with Crippen molar-refractivity contribution >= 4 is 54.5 Å². The van der Waals surface area contributed by atoms with Crippen LogP contribution in [0, 0.1) is 5.92 Å². The Morgan fingerprint density at radius 2 is 1.85 bits per heavy atom. The van der Waals surface area contributed by atoms with E-state index in [1.165, 1.54) is 0 Å². The predicted molar refractivity (Wildman–Crippen MR) is 111 cm³/mol. The van der Waals surface area contributed by atoms with Gasteiger partial charge in [-0.3, -0.25) is 0 Å². The van der Waals surface area contributed by atoms with Crippen LogP contribution in [-0.2, 0) is 0 Å². The van der Waals surface area contributed by atoms with E-state index in [1.807, 2.05) is 47.4 Å². The van der Waals surface area contributed by atoms with Crippen molar-refractivity contribution in [3.8, 4) is 0 Å². The summed E-state index contributed by atoms with van der Waals surface area (Å²) in [5, 5.41) is 4.09. The molecule has 1 fully saturated rings. The van der Waals surface area contributed by atoms with E-state index in [1.54, 1.807) is 11.3 Å². The fourth-order valence-corrected chi connectivity index (χ4v) is 4.64. The highest BCUT2D eigenvalue weighted by molar-refractivity contribution is 7.25. The van der Waals surface area contributed by atoms with Crippen molar-refractivity contribution in [1.82, 2.24) is 14.9 Å². The number of likely N-dealkylation sites (tertiary alicyclic amines) is 1. The number of carbonyl (C=O) groups is 1. The summed E-state index contributed by atoms with van der Waals surface area (Å²) in [5.41, 5.74) is 3.50. The van der Waals surface area contributed by atoms with Crippen LogP contribution in [0.3, 0.4) is 0 Å². The molecule has 1 saturated heterocycles. The van der Waals surface area contributed by atoms with E-state index in [-0.39, 0.29) is 6.03 Å². The summed E-state index contributed by atoms with van der Waals surface area (Å²) in [6.45, 7) is 3.90. The van der Waals surface area contributed by atoms with Crippen LogP contribution in [0.25, 0.3) is 31.5 Å². The lowest BCUT2D eigenvalue weighted by Crippen LogP contribution is -2.40. The summed E-state index contributed by atoms with van der Waals surface area (Å²) < 4.78 is 1.13. The van der Waals surface area contributed by atoms with E-state index in [9.17, 15) is 4.79 Å². The second kappa shape index (κ2) is 6.46. The minimum absolute atomic E-state index is 0.0164. The van der Waals surface area contributed by atoms with Gasteiger partial charge in [-0.1, -0.05) is 19.1 Å². The highest BCUT2D eigenvalue weighted by Gasteiger charge is 2.20. The number of rotatable bonds is 1. The zero-order valence-electron chi connectivity index (χ0n) is 15.1. The van der Waals surface area contributed by atoms with E-state index in [0.29, 0.717) is 5.92 Å². The Hall–Kier alpha value is -2.73. The number of nitrogens with zero attached hydrogens (tertiary/aromatic N) is 3. The number of hydrogen-bond donors (Lipinski definition) is 1. The molecule has 4 aromatic rings. The minimum atomic E-state index is -0.0164. The molecule has 1 N–H and O–H groups in total. The smallest absolute Gasteiger partial charge is 0.321 e. The average Bonchev–Trinajstić information content (AvgIpc) is 3.03. The third-order valence-electron chi connectivity index (χ3n) is 5.30. The molecule has 0 aliphatic carbocycles. The number of benzene rings is 2. The van der Waals surface area contributed by atoms with Crippen LogP contribution in [0.5, 0.6) is 0 Å². The Labute approximate surface area is 161 Å². The highest BCUT2D eigenvalue weighted by Crippen LogP contribution is 2.34. The Bertz CT molecular complexity index is 1160. The number of hydrogen-bond acceptors (Lipinski definition) is 4. The first kappa shape index (κ1) is 16.4. The van der Waals surface area contributed by atoms with Gasteiger partial charge >= 0.3 is 6.03 Å². The quantitative estimate of drug-likeness (QED) is 0.493. The van der Waals surface area contributed by atoms with E-state index < -0.39 is 0 Å². The number of aromatic nitrogens is 2. The van der Waals surface area contributed by atoms with Crippen LogP contribution in [0.15, 0.2) is 42.5 Å². The number of amides is 2. The molecule has 2 aromatic carbocycles. The van der Waals surface area contributed by atoms with Crippen molar-refractivity contribution in [2.24, 2.45) is 5.92 Å². The maximum atomic E-state index is 12.6. The Morgan fingerprint density at radius 3 is 2.63 bits per heavy atom. The molecule has 136 valence electrons. The summed E-state index contributed by atoms with van der Waals surface area (Å²) in [6.07, 6.45) is 2.15. The average molecular weight is 376 g/mol. The van der Waals surface area contributed by atoms with Gasteiger partial charge in [0.1, 0.15) is 10.3 Å². The van der Waals surface area contributed by atoms with Crippen molar-refractivity contribution in [2.45, 2.75) is 19.8 Å². The van der Waals surface area contributed by atoms with Crippen molar-refractivity contribution < 1.29 is 4.79 Å². The molecule has 1 aliphatic rings. The molecule has 0 atom stereocenters. The van der Waals surface area contributed by atoms with Gasteiger partial charge in [-0.15, -0.1) is 11.3 Å². The van der Waals surface area contributed by atoms with E-state index in [0.717, 1.165) is 63.1 Å². The molecule has 27 heavy (non-hydrogen) atoms. The van der Waals surface area contributed by atoms with Crippen LogP contribution in [0.4, 0.5) is 10.5 Å². The topological polar surface area (TPSA) is 58.1 Å². The standard InChI is InChI=1S/C21H20N4OS/c1-13-8-10-25(11-9-13)21(26)22-14-6-7-18-15(12-14)19-20(27-18)24-17-5-3-2-4-16(17)23-19/h2-7,12-13H,8-11H2,1H3,(H,22,26). The molecule has 1 aliphatic heterocycles. The van der Waals surface area contributed by atoms with Gasteiger partial charge in [-0.05, 0) is 49.1 Å². The number of thiophene rings is 1. The Kier molecular flexibility index (Phi) is 3.93. The van der Waals surface area contributed by atoms with Crippen LogP contribution in [0.1, 0.15) is 19.8 Å². The number of urea groups is 1. The third kappa shape index (κ3) is 3.00. The van der Waals surface area contributed by atoms with E-state index in [4.69, 9.17) is 9.97 Å². The second-order valence-electron chi connectivity index (χ2n) is 7.28. The molecule has 5 rings (SSSR count). The highest BCUT2D eigenvalue weighted by atomic mass is 32.1. The number of piperidine rings is 1. The number of carbonyl (C=O) groups excluding carboxylic acids is 1. The van der Waals surface area contributed by atoms with Gasteiger partial charge in [0.15, 0.2) is 0 Å². The minimum Gasteiger partial charge on any atom is -0.325 e. The normalized spacial score (nSPS) is 15.7. The first-order valence-electron chi connectivity index (χ1n) is 9.32. The fraction of sp³-hybridized carbons (Fsp3) is 0.286. The van der Waals surface area contributed by atoms with Gasteiger partial charge in [0, 0.05) is 28.9 Å². The SMILES string of the molecule is CC1CCN(C(=O)Nc2ccc3sc4nc5ccccc5nc4c3c2)CC1. The molecule has 0 bridgehead atoms. The van der Waals surface area contributed by atoms with Crippen LogP contribution in [0.2, 0.25) is 0 Å². The molecule has 0 saturated carbocycles. The molecule has 0 radical (unpaired) electrons. The molecule has 6 heteroatoms. The second-order valence-corrected chi connectivity index (χ2v) is 8.31. The molecule has 3 heterocycles. The van der Waals surface area contributed by atoms with Gasteiger partial charge in [0.25, 0.3) is 0 Å². The van der Waals surface area contributed by atoms with Crippen molar-refractivity contribution in [3.63, 3.8) is 0 Å². The first-order valence-corrected chi connectivity index (χ1v) is 10.1. The molecule has 5 nitrogen and oxygen atoms in total. The number of para-hydroxylation sites is 2. The number of fused-ring (bicyclic) bond motifs is 4. The van der Waals surface area contributed by atoms with Crippen molar-refractivity contribution in [2.75, 3.05) is 18.4 Å². The zero-order chi connectivity index (χ0) is 18.4. The molecular formula is C21H20N4OS. The molecule has 2 aromatic heterocycles. The van der Waals surface area contributed by atoms with Gasteiger partial charge in [0.05, 0.1) is 11.0 Å². The van der Waals surface area contributed by atoms with Crippen LogP contribution in [-0.4, -0.2) is 34.0 Å². The van der Waals surface area contributed by atoms with Crippen molar-refractivity contribution in [3.05, 3.63) is 42.5 Å². The zero-order valence-corrected chi connectivity index (χ0v) is 15.9. The van der Waals surface area contributed by atoms with Gasteiger partial charge in [-0.25, -0.2) is 14.8 Å². The number of nitrogens with one attached hydrogen (secondary N) is 1. The Balaban J connectivity index is 1.49. The lowest BCUT2D eigenvalue weighted by Gasteiger charge is -2.30. The predicted octanol–water partition coefficient (Wildman–Crippen LogP) is 5.26. The van der Waals surface area contributed by atoms with Crippen molar-refractivity contribution in [1.29, 1.82) is 0 Å². The van der Waals surface area contributed by atoms with E-state index in [2.05, 4.69) is 12.2 Å². The summed E-state index contributed by atoms with van der Waals surface area (Å²) in [7, 11) is 0. The molecule has 2 amide bonds. The fourth-order valence-electron chi connectivity index (χ4n) is 3.63. The van der Waals surface area contributed by atoms with E-state index >= 15 is 0 Å². The summed E-state index contributed by atoms with van der Waals surface area (Å²) in [6, 6.07) is 13.9. The summed E-state index contributed by atoms with van der Waals surface area (Å²) in [4.78, 5) is 25.0. The first-order chi connectivity index (χ1) is 13.2. The van der Waals surface area contributed by atoms with Gasteiger partial charge in [0.2, 0.25) is 0 Å². The molecule has 0 unspecified atom stereocenters. The molecule has 0 spiro atoms. The summed E-state index contributed by atoms with van der Waals surface area (Å²) >= 11 is 1.64. The van der Waals surface area contributed by atoms with Crippen LogP contribution >= 0.6 is 11.3 Å². The largest absolute Gasteiger partial charge is 0.325 e. The Morgan fingerprint density at radius 1 is 1.11 bits per heavy atom. The monoisotopic (exact) mass is 376 g/mol. The third-order valence-corrected chi connectivity index (χ3v) is 6.36. The van der Waals surface area contributed by atoms with Crippen LogP contribution < -0.4 is 5.32 Å². The van der Waals surface area contributed by atoms with Gasteiger partial charge < -0.3 is 10.2 Å². The maximum absolute atomic E-state index is 12.6. The maximum Gasteiger partial charge on any atom is 0.321 e. The lowest BCUT2D eigenvalue weighted by atomic mass is 10.00. The summed E-state index contributed by atoms with van der Waals surface area (Å²) in [5.74, 6) is 0.705. The number of anilines is 1. The van der Waals surface area contributed by atoms with Gasteiger partial charge in [-0.2, -0.15) is 0 Å². The molecular weight excluding hydrogens is 356 g/mol. The lowest BCUT2D eigenvalue weighted by molar-refractivity contribution is 0.186.